The van der Waals surface area contributed by atoms with Crippen molar-refractivity contribution in [2.24, 2.45) is 0 Å². The molecule has 5 nitrogen and oxygen atoms in total. The van der Waals surface area contributed by atoms with Gasteiger partial charge in [-0.15, -0.1) is 0 Å². The molecule has 1 aliphatic rings. The van der Waals surface area contributed by atoms with Gasteiger partial charge in [0.2, 0.25) is 10.0 Å². The summed E-state index contributed by atoms with van der Waals surface area (Å²) in [6, 6.07) is 14.1. The lowest BCUT2D eigenvalue weighted by Crippen LogP contribution is -2.40. The van der Waals surface area contributed by atoms with E-state index in [0.717, 1.165) is 11.3 Å². The van der Waals surface area contributed by atoms with Crippen molar-refractivity contribution in [3.05, 3.63) is 59.7 Å². The van der Waals surface area contributed by atoms with Crippen LogP contribution in [0.1, 0.15) is 43.6 Å². The third-order valence-corrected chi connectivity index (χ3v) is 6.01. The van der Waals surface area contributed by atoms with E-state index in [1.54, 1.807) is 56.0 Å². The van der Waals surface area contributed by atoms with Crippen LogP contribution in [0.25, 0.3) is 0 Å². The molecule has 1 atom stereocenters. The molecule has 0 aliphatic carbocycles. The highest BCUT2D eigenvalue weighted by Gasteiger charge is 2.33. The number of benzene rings is 2. The first-order valence-corrected chi connectivity index (χ1v) is 10.1. The lowest BCUT2D eigenvalue weighted by molar-refractivity contribution is 0.0981. The van der Waals surface area contributed by atoms with Gasteiger partial charge < -0.3 is 4.90 Å². The van der Waals surface area contributed by atoms with Crippen LogP contribution >= 0.6 is 0 Å². The lowest BCUT2D eigenvalue weighted by atomic mass is 10.1. The number of nitrogens with one attached hydrogen (secondary N) is 1. The minimum absolute atomic E-state index is 0.0220. The monoisotopic (exact) mass is 372 g/mol. The number of amides is 1. The van der Waals surface area contributed by atoms with Crippen LogP contribution in [0.2, 0.25) is 0 Å². The molecule has 0 saturated carbocycles. The van der Waals surface area contributed by atoms with E-state index in [1.165, 1.54) is 0 Å². The fourth-order valence-corrected chi connectivity index (χ4v) is 4.73. The summed E-state index contributed by atoms with van der Waals surface area (Å²) in [7, 11) is -3.60. The molecular weight excluding hydrogens is 348 g/mol. The third kappa shape index (κ3) is 3.66. The summed E-state index contributed by atoms with van der Waals surface area (Å²) < 4.78 is 27.8. The molecule has 0 saturated heterocycles. The first kappa shape index (κ1) is 18.6. The Bertz CT molecular complexity index is 931. The number of hydrogen-bond acceptors (Lipinski definition) is 3. The average Bonchev–Trinajstić information content (AvgIpc) is 2.87. The van der Waals surface area contributed by atoms with Crippen molar-refractivity contribution in [1.82, 2.24) is 4.72 Å². The van der Waals surface area contributed by atoms with Gasteiger partial charge in [0.15, 0.2) is 0 Å². The first-order chi connectivity index (χ1) is 12.1. The van der Waals surface area contributed by atoms with E-state index in [4.69, 9.17) is 0 Å². The highest BCUT2D eigenvalue weighted by molar-refractivity contribution is 7.89. The van der Waals surface area contributed by atoms with Gasteiger partial charge in [-0.3, -0.25) is 4.79 Å². The van der Waals surface area contributed by atoms with Gasteiger partial charge in [-0.25, -0.2) is 13.1 Å². The van der Waals surface area contributed by atoms with Crippen LogP contribution in [0, 0.1) is 0 Å². The van der Waals surface area contributed by atoms with Gasteiger partial charge in [0.1, 0.15) is 0 Å². The Labute approximate surface area is 155 Å². The van der Waals surface area contributed by atoms with Crippen molar-refractivity contribution in [3.63, 3.8) is 0 Å². The highest BCUT2D eigenvalue weighted by atomic mass is 32.2. The summed E-state index contributed by atoms with van der Waals surface area (Å²) in [5, 5.41) is 0. The summed E-state index contributed by atoms with van der Waals surface area (Å²) >= 11 is 0. The maximum Gasteiger partial charge on any atom is 0.258 e. The molecule has 26 heavy (non-hydrogen) atoms. The van der Waals surface area contributed by atoms with Crippen molar-refractivity contribution >= 4 is 21.6 Å². The van der Waals surface area contributed by atoms with Crippen LogP contribution in [0.4, 0.5) is 5.69 Å². The van der Waals surface area contributed by atoms with Crippen LogP contribution in [-0.2, 0) is 16.4 Å². The Morgan fingerprint density at radius 1 is 1.12 bits per heavy atom. The predicted octanol–water partition coefficient (Wildman–Crippen LogP) is 3.35. The molecule has 1 N–H and O–H groups in total. The number of anilines is 1. The van der Waals surface area contributed by atoms with Gasteiger partial charge in [0.05, 0.1) is 4.90 Å². The smallest absolute Gasteiger partial charge is 0.258 e. The Balaban J connectivity index is 1.95. The molecule has 1 aliphatic heterocycles. The molecule has 0 fully saturated rings. The average molecular weight is 372 g/mol. The molecule has 3 rings (SSSR count). The Kier molecular flexibility index (Phi) is 4.67. The lowest BCUT2D eigenvalue weighted by Gasteiger charge is -2.23. The molecule has 0 unspecified atom stereocenters. The normalized spacial score (nSPS) is 17.2. The van der Waals surface area contributed by atoms with Gasteiger partial charge in [-0.1, -0.05) is 18.2 Å². The van der Waals surface area contributed by atoms with Gasteiger partial charge in [-0.05, 0) is 70.0 Å². The third-order valence-electron chi connectivity index (χ3n) is 4.26. The molecule has 2 aromatic carbocycles. The molecule has 138 valence electrons. The number of sulfonamides is 1. The fourth-order valence-electron chi connectivity index (χ4n) is 3.27. The first-order valence-electron chi connectivity index (χ1n) is 8.64. The second-order valence-electron chi connectivity index (χ2n) is 7.74. The van der Waals surface area contributed by atoms with E-state index >= 15 is 0 Å². The summed E-state index contributed by atoms with van der Waals surface area (Å²) in [6.45, 7) is 7.39. The number of carbonyl (C=O) groups is 1. The predicted molar refractivity (Wildman–Crippen MR) is 103 cm³/mol. The largest absolute Gasteiger partial charge is 0.305 e. The second kappa shape index (κ2) is 6.52. The zero-order valence-corrected chi connectivity index (χ0v) is 16.3. The zero-order chi connectivity index (χ0) is 19.1. The molecule has 2 aromatic rings. The second-order valence-corrected chi connectivity index (χ2v) is 9.42. The maximum atomic E-state index is 12.9. The summed E-state index contributed by atoms with van der Waals surface area (Å²) in [5.41, 5.74) is 1.72. The fraction of sp³-hybridized carbons (Fsp3) is 0.350. The molecule has 6 heteroatoms. The Hall–Kier alpha value is -2.18. The van der Waals surface area contributed by atoms with Gasteiger partial charge >= 0.3 is 0 Å². The standard InChI is InChI=1S/C20H24N2O3S/c1-14-12-16-13-17(26(24,25)21-20(2,3)4)10-11-18(16)22(14)19(23)15-8-6-5-7-9-15/h5-11,13-14,21H,12H2,1-4H3/t14-/m0/s1. The van der Waals surface area contributed by atoms with E-state index in [2.05, 4.69) is 4.72 Å². The van der Waals surface area contributed by atoms with E-state index < -0.39 is 15.6 Å². The van der Waals surface area contributed by atoms with Crippen molar-refractivity contribution < 1.29 is 13.2 Å². The topological polar surface area (TPSA) is 66.5 Å². The van der Waals surface area contributed by atoms with Crippen molar-refractivity contribution in [1.29, 1.82) is 0 Å². The zero-order valence-electron chi connectivity index (χ0n) is 15.5. The molecular formula is C20H24N2O3S. The maximum absolute atomic E-state index is 12.9. The van der Waals surface area contributed by atoms with Crippen molar-refractivity contribution in [3.8, 4) is 0 Å². The number of carbonyl (C=O) groups excluding carboxylic acids is 1. The highest BCUT2D eigenvalue weighted by Crippen LogP contribution is 2.35. The van der Waals surface area contributed by atoms with Crippen molar-refractivity contribution in [2.45, 2.75) is 50.6 Å². The van der Waals surface area contributed by atoms with E-state index in [-0.39, 0.29) is 16.8 Å². The molecule has 0 aromatic heterocycles. The van der Waals surface area contributed by atoms with Crippen molar-refractivity contribution in [2.75, 3.05) is 4.90 Å². The number of fused-ring (bicyclic) bond motifs is 1. The van der Waals surface area contributed by atoms with Crippen LogP contribution in [0.15, 0.2) is 53.4 Å². The van der Waals surface area contributed by atoms with Crippen LogP contribution < -0.4 is 9.62 Å². The van der Waals surface area contributed by atoms with E-state index in [0.29, 0.717) is 12.0 Å². The SMILES string of the molecule is C[C@H]1Cc2cc(S(=O)(=O)NC(C)(C)C)ccc2N1C(=O)c1ccccc1. The molecule has 1 heterocycles. The van der Waals surface area contributed by atoms with E-state index in [9.17, 15) is 13.2 Å². The van der Waals surface area contributed by atoms with E-state index in [1.807, 2.05) is 25.1 Å². The molecule has 0 spiro atoms. The van der Waals surface area contributed by atoms with Gasteiger partial charge in [-0.2, -0.15) is 0 Å². The van der Waals surface area contributed by atoms with Crippen LogP contribution in [-0.4, -0.2) is 25.9 Å². The Morgan fingerprint density at radius 3 is 2.38 bits per heavy atom. The molecule has 0 bridgehead atoms. The number of rotatable bonds is 3. The summed E-state index contributed by atoms with van der Waals surface area (Å²) in [5.74, 6) is -0.0692. The number of hydrogen-bond donors (Lipinski definition) is 1. The van der Waals surface area contributed by atoms with Crippen LogP contribution in [0.5, 0.6) is 0 Å². The summed E-state index contributed by atoms with van der Waals surface area (Å²) in [6.07, 6.45) is 0.632. The number of nitrogens with zero attached hydrogens (tertiary/aromatic N) is 1. The Morgan fingerprint density at radius 2 is 1.77 bits per heavy atom. The summed E-state index contributed by atoms with van der Waals surface area (Å²) in [4.78, 5) is 14.9. The quantitative estimate of drug-likeness (QED) is 0.898. The minimum Gasteiger partial charge on any atom is -0.305 e. The van der Waals surface area contributed by atoms with Gasteiger partial charge in [0, 0.05) is 22.8 Å². The van der Waals surface area contributed by atoms with Gasteiger partial charge in [0.25, 0.3) is 5.91 Å². The molecule has 0 radical (unpaired) electrons. The molecule has 1 amide bonds. The minimum atomic E-state index is -3.60. The van der Waals surface area contributed by atoms with Crippen LogP contribution in [0.3, 0.4) is 0 Å².